The molecule has 7 nitrogen and oxygen atoms in total. The van der Waals surface area contributed by atoms with Crippen molar-refractivity contribution in [3.05, 3.63) is 41.6 Å². The van der Waals surface area contributed by atoms with E-state index < -0.39 is 6.10 Å². The summed E-state index contributed by atoms with van der Waals surface area (Å²) in [4.78, 5) is 16.8. The lowest BCUT2D eigenvalue weighted by atomic mass is 10.2. The minimum Gasteiger partial charge on any atom is -0.497 e. The minimum absolute atomic E-state index is 0.00973. The zero-order valence-corrected chi connectivity index (χ0v) is 16.4. The van der Waals surface area contributed by atoms with Crippen LogP contribution in [0.25, 0.3) is 0 Å². The average Bonchev–Trinajstić information content (AvgIpc) is 3.22. The molecule has 1 amide bonds. The van der Waals surface area contributed by atoms with E-state index in [2.05, 4.69) is 21.2 Å². The van der Waals surface area contributed by atoms with Gasteiger partial charge in [0.15, 0.2) is 11.9 Å². The van der Waals surface area contributed by atoms with Gasteiger partial charge in [0.1, 0.15) is 11.5 Å². The Labute approximate surface area is 165 Å². The van der Waals surface area contributed by atoms with Gasteiger partial charge in [-0.25, -0.2) is 0 Å². The molecular weight excluding hydrogens is 356 g/mol. The molecule has 1 aliphatic heterocycles. The Morgan fingerprint density at radius 3 is 2.46 bits per heavy atom. The van der Waals surface area contributed by atoms with E-state index in [1.165, 1.54) is 12.0 Å². The normalized spacial score (nSPS) is 17.2. The molecule has 0 N–H and O–H groups in total. The summed E-state index contributed by atoms with van der Waals surface area (Å²) in [6.07, 6.45) is 2.77. The summed E-state index contributed by atoms with van der Waals surface area (Å²) in [5.74, 6) is 2.36. The second kappa shape index (κ2) is 8.04. The quantitative estimate of drug-likeness (QED) is 0.789. The molecule has 1 fully saturated rings. The molecule has 0 radical (unpaired) electrons. The lowest BCUT2D eigenvalue weighted by Gasteiger charge is -2.36. The molecule has 2 aromatic rings. The van der Waals surface area contributed by atoms with Crippen molar-refractivity contribution in [3.8, 4) is 11.5 Å². The number of aryl methyl sites for hydroxylation is 2. The van der Waals surface area contributed by atoms with Gasteiger partial charge in [-0.3, -0.25) is 4.79 Å². The van der Waals surface area contributed by atoms with E-state index >= 15 is 0 Å². The van der Waals surface area contributed by atoms with E-state index in [1.807, 2.05) is 29.2 Å². The zero-order valence-electron chi connectivity index (χ0n) is 16.4. The summed E-state index contributed by atoms with van der Waals surface area (Å²) in [6.45, 7) is 4.63. The van der Waals surface area contributed by atoms with E-state index in [9.17, 15) is 4.79 Å². The number of benzene rings is 1. The minimum atomic E-state index is -0.528. The molecule has 1 atom stereocenters. The average molecular weight is 382 g/mol. The number of aromatic nitrogens is 2. The van der Waals surface area contributed by atoms with Gasteiger partial charge in [-0.05, 0) is 62.1 Å². The third-order valence-electron chi connectivity index (χ3n) is 5.44. The van der Waals surface area contributed by atoms with E-state index in [0.717, 1.165) is 43.2 Å². The second-order valence-corrected chi connectivity index (χ2v) is 7.28. The number of nitrogens with zero attached hydrogens (tertiary/aromatic N) is 4. The number of methoxy groups -OCH3 is 1. The van der Waals surface area contributed by atoms with Crippen LogP contribution in [0.3, 0.4) is 0 Å². The first kappa shape index (κ1) is 18.5. The molecule has 1 saturated heterocycles. The van der Waals surface area contributed by atoms with E-state index in [1.54, 1.807) is 14.0 Å². The Hall–Kier alpha value is -2.83. The summed E-state index contributed by atoms with van der Waals surface area (Å²) >= 11 is 0. The maximum Gasteiger partial charge on any atom is 0.263 e. The third-order valence-corrected chi connectivity index (χ3v) is 5.44. The molecule has 1 aromatic heterocycles. The van der Waals surface area contributed by atoms with Crippen molar-refractivity contribution < 1.29 is 14.3 Å². The number of carbonyl (C=O) groups excluding carboxylic acids is 1. The molecule has 4 rings (SSSR count). The first-order valence-corrected chi connectivity index (χ1v) is 9.84. The SMILES string of the molecule is COc1ccc(OC(C)C(=O)N2CCN(c3cc4c(nn3)CCC4)CC2)cc1. The van der Waals surface area contributed by atoms with Crippen LogP contribution in [0.15, 0.2) is 30.3 Å². The largest absolute Gasteiger partial charge is 0.497 e. The van der Waals surface area contributed by atoms with Gasteiger partial charge in [-0.1, -0.05) is 0 Å². The second-order valence-electron chi connectivity index (χ2n) is 7.28. The van der Waals surface area contributed by atoms with Crippen LogP contribution in [0, 0.1) is 0 Å². The fraction of sp³-hybridized carbons (Fsp3) is 0.476. The highest BCUT2D eigenvalue weighted by atomic mass is 16.5. The van der Waals surface area contributed by atoms with E-state index in [-0.39, 0.29) is 5.91 Å². The molecule has 0 saturated carbocycles. The van der Waals surface area contributed by atoms with Crippen molar-refractivity contribution in [2.45, 2.75) is 32.3 Å². The maximum atomic E-state index is 12.8. The number of anilines is 1. The molecule has 1 unspecified atom stereocenters. The molecule has 1 aromatic carbocycles. The van der Waals surface area contributed by atoms with Crippen LogP contribution in [-0.4, -0.2) is 60.4 Å². The fourth-order valence-electron chi connectivity index (χ4n) is 3.79. The van der Waals surface area contributed by atoms with Crippen LogP contribution in [-0.2, 0) is 17.6 Å². The number of hydrogen-bond donors (Lipinski definition) is 0. The van der Waals surface area contributed by atoms with Crippen LogP contribution in [0.5, 0.6) is 11.5 Å². The molecule has 28 heavy (non-hydrogen) atoms. The van der Waals surface area contributed by atoms with Gasteiger partial charge >= 0.3 is 0 Å². The predicted octanol–water partition coefficient (Wildman–Crippen LogP) is 2.09. The number of fused-ring (bicyclic) bond motifs is 1. The Morgan fingerprint density at radius 2 is 1.75 bits per heavy atom. The molecule has 7 heteroatoms. The zero-order chi connectivity index (χ0) is 19.5. The van der Waals surface area contributed by atoms with Crippen LogP contribution in [0.2, 0.25) is 0 Å². The first-order valence-electron chi connectivity index (χ1n) is 9.84. The van der Waals surface area contributed by atoms with Crippen molar-refractivity contribution >= 4 is 11.7 Å². The van der Waals surface area contributed by atoms with Crippen LogP contribution < -0.4 is 14.4 Å². The smallest absolute Gasteiger partial charge is 0.263 e. The molecule has 0 bridgehead atoms. The number of hydrogen-bond acceptors (Lipinski definition) is 6. The highest BCUT2D eigenvalue weighted by molar-refractivity contribution is 5.81. The number of piperazine rings is 1. The van der Waals surface area contributed by atoms with Crippen molar-refractivity contribution in [1.29, 1.82) is 0 Å². The number of rotatable bonds is 5. The molecule has 148 valence electrons. The molecule has 0 spiro atoms. The van der Waals surface area contributed by atoms with Gasteiger partial charge in [0, 0.05) is 26.2 Å². The Morgan fingerprint density at radius 1 is 1.04 bits per heavy atom. The van der Waals surface area contributed by atoms with Gasteiger partial charge in [-0.2, -0.15) is 5.10 Å². The number of carbonyl (C=O) groups is 1. The molecule has 2 heterocycles. The summed E-state index contributed by atoms with van der Waals surface area (Å²) in [7, 11) is 1.62. The summed E-state index contributed by atoms with van der Waals surface area (Å²) < 4.78 is 11.0. The van der Waals surface area contributed by atoms with Crippen LogP contribution >= 0.6 is 0 Å². The monoisotopic (exact) mass is 382 g/mol. The lowest BCUT2D eigenvalue weighted by Crippen LogP contribution is -2.52. The molecule has 2 aliphatic rings. The number of ether oxygens (including phenoxy) is 2. The molecule has 1 aliphatic carbocycles. The predicted molar refractivity (Wildman–Crippen MR) is 106 cm³/mol. The van der Waals surface area contributed by atoms with Crippen LogP contribution in [0.4, 0.5) is 5.82 Å². The summed E-state index contributed by atoms with van der Waals surface area (Å²) in [6, 6.07) is 9.44. The standard InChI is InChI=1S/C21H26N4O3/c1-15(28-18-8-6-17(27-2)7-9-18)21(26)25-12-10-24(11-13-25)20-14-16-4-3-5-19(16)22-23-20/h6-9,14-15H,3-5,10-13H2,1-2H3. The highest BCUT2D eigenvalue weighted by Crippen LogP contribution is 2.24. The Kier molecular flexibility index (Phi) is 5.32. The molecular formula is C21H26N4O3. The van der Waals surface area contributed by atoms with Crippen molar-refractivity contribution in [1.82, 2.24) is 15.1 Å². The van der Waals surface area contributed by atoms with Crippen molar-refractivity contribution in [2.75, 3.05) is 38.2 Å². The van der Waals surface area contributed by atoms with E-state index in [4.69, 9.17) is 9.47 Å². The first-order chi connectivity index (χ1) is 13.6. The van der Waals surface area contributed by atoms with Crippen molar-refractivity contribution in [3.63, 3.8) is 0 Å². The Bertz CT molecular complexity index is 832. The van der Waals surface area contributed by atoms with Gasteiger partial charge < -0.3 is 19.3 Å². The van der Waals surface area contributed by atoms with Crippen LogP contribution in [0.1, 0.15) is 24.6 Å². The fourth-order valence-corrected chi connectivity index (χ4v) is 3.79. The van der Waals surface area contributed by atoms with Gasteiger partial charge in [0.2, 0.25) is 0 Å². The van der Waals surface area contributed by atoms with Gasteiger partial charge in [0.25, 0.3) is 5.91 Å². The van der Waals surface area contributed by atoms with Gasteiger partial charge in [0.05, 0.1) is 12.8 Å². The maximum absolute atomic E-state index is 12.8. The summed E-state index contributed by atoms with van der Waals surface area (Å²) in [5, 5.41) is 8.76. The Balaban J connectivity index is 1.31. The lowest BCUT2D eigenvalue weighted by molar-refractivity contribution is -0.138. The van der Waals surface area contributed by atoms with E-state index in [0.29, 0.717) is 18.8 Å². The van der Waals surface area contributed by atoms with Crippen molar-refractivity contribution in [2.24, 2.45) is 0 Å². The summed E-state index contributed by atoms with van der Waals surface area (Å²) in [5.41, 5.74) is 2.46. The van der Waals surface area contributed by atoms with Gasteiger partial charge in [-0.15, -0.1) is 5.10 Å². The topological polar surface area (TPSA) is 67.8 Å². The highest BCUT2D eigenvalue weighted by Gasteiger charge is 2.27. The number of amides is 1. The third kappa shape index (κ3) is 3.88.